The Balaban J connectivity index is 1.78. The Kier molecular flexibility index (Phi) is 6.57. The lowest BCUT2D eigenvalue weighted by molar-refractivity contribution is -0.126. The average molecular weight is 340 g/mol. The predicted octanol–water partition coefficient (Wildman–Crippen LogP) is 3.46. The minimum absolute atomic E-state index is 0.206. The number of ether oxygens (including phenoxy) is 1. The van der Waals surface area contributed by atoms with Gasteiger partial charge in [0.2, 0.25) is 11.8 Å². The first-order chi connectivity index (χ1) is 12.0. The molecule has 5 nitrogen and oxygen atoms in total. The highest BCUT2D eigenvalue weighted by molar-refractivity contribution is 6.03. The van der Waals surface area contributed by atoms with Gasteiger partial charge in [-0.1, -0.05) is 38.1 Å². The molecule has 5 heteroatoms. The number of rotatable bonds is 7. The van der Waals surface area contributed by atoms with Crippen molar-refractivity contribution in [3.63, 3.8) is 0 Å². The summed E-state index contributed by atoms with van der Waals surface area (Å²) in [5, 5.41) is 5.47. The molecule has 0 unspecified atom stereocenters. The van der Waals surface area contributed by atoms with Crippen LogP contribution in [-0.2, 0) is 16.1 Å². The third-order valence-electron chi connectivity index (χ3n) is 3.83. The van der Waals surface area contributed by atoms with E-state index < -0.39 is 0 Å². The van der Waals surface area contributed by atoms with E-state index in [2.05, 4.69) is 24.5 Å². The minimum Gasteiger partial charge on any atom is -0.497 e. The van der Waals surface area contributed by atoms with Gasteiger partial charge < -0.3 is 15.4 Å². The van der Waals surface area contributed by atoms with Crippen molar-refractivity contribution in [2.45, 2.75) is 32.7 Å². The fraction of sp³-hybridized carbons (Fsp3) is 0.300. The number of amides is 2. The summed E-state index contributed by atoms with van der Waals surface area (Å²) in [6.45, 7) is 4.60. The van der Waals surface area contributed by atoms with Crippen molar-refractivity contribution in [1.82, 2.24) is 5.32 Å². The third kappa shape index (κ3) is 5.95. The van der Waals surface area contributed by atoms with Gasteiger partial charge in [-0.25, -0.2) is 0 Å². The Labute approximate surface area is 148 Å². The Morgan fingerprint density at radius 2 is 1.60 bits per heavy atom. The zero-order valence-corrected chi connectivity index (χ0v) is 14.8. The number of hydrogen-bond acceptors (Lipinski definition) is 3. The van der Waals surface area contributed by atoms with Crippen molar-refractivity contribution in [3.8, 4) is 5.75 Å². The largest absolute Gasteiger partial charge is 0.497 e. The van der Waals surface area contributed by atoms with Gasteiger partial charge in [-0.05, 0) is 41.3 Å². The van der Waals surface area contributed by atoms with Gasteiger partial charge in [0.15, 0.2) is 0 Å². The molecule has 0 atom stereocenters. The molecule has 0 aliphatic carbocycles. The smallest absolute Gasteiger partial charge is 0.233 e. The second-order valence-corrected chi connectivity index (χ2v) is 6.13. The van der Waals surface area contributed by atoms with E-state index in [9.17, 15) is 9.59 Å². The SMILES string of the molecule is COc1ccc(CNC(=O)CC(=O)Nc2ccc(C(C)C)cc2)cc1. The van der Waals surface area contributed by atoms with Gasteiger partial charge in [0.05, 0.1) is 7.11 Å². The quantitative estimate of drug-likeness (QED) is 0.759. The van der Waals surface area contributed by atoms with Crippen LogP contribution in [0, 0.1) is 0 Å². The molecule has 2 aromatic rings. The van der Waals surface area contributed by atoms with E-state index in [4.69, 9.17) is 4.74 Å². The summed E-state index contributed by atoms with van der Waals surface area (Å²) in [5.41, 5.74) is 2.84. The molecule has 0 saturated carbocycles. The molecule has 132 valence electrons. The highest BCUT2D eigenvalue weighted by Gasteiger charge is 2.10. The van der Waals surface area contributed by atoms with E-state index in [-0.39, 0.29) is 18.2 Å². The summed E-state index contributed by atoms with van der Waals surface area (Å²) in [4.78, 5) is 23.8. The van der Waals surface area contributed by atoms with Crippen LogP contribution in [0.2, 0.25) is 0 Å². The molecule has 2 rings (SSSR count). The molecule has 0 saturated heterocycles. The minimum atomic E-state index is -0.329. The van der Waals surface area contributed by atoms with Crippen molar-refractivity contribution in [3.05, 3.63) is 59.7 Å². The number of hydrogen-bond donors (Lipinski definition) is 2. The van der Waals surface area contributed by atoms with E-state index in [1.54, 1.807) is 7.11 Å². The number of anilines is 1. The molecule has 2 aromatic carbocycles. The Morgan fingerprint density at radius 1 is 0.960 bits per heavy atom. The lowest BCUT2D eigenvalue weighted by Gasteiger charge is -2.09. The first-order valence-electron chi connectivity index (χ1n) is 8.27. The highest BCUT2D eigenvalue weighted by atomic mass is 16.5. The average Bonchev–Trinajstić information content (AvgIpc) is 2.60. The molecule has 2 N–H and O–H groups in total. The summed E-state index contributed by atoms with van der Waals surface area (Å²) in [5.74, 6) is 0.558. The molecular formula is C20H24N2O3. The van der Waals surface area contributed by atoms with Gasteiger partial charge in [0.25, 0.3) is 0 Å². The zero-order valence-electron chi connectivity index (χ0n) is 14.8. The summed E-state index contributed by atoms with van der Waals surface area (Å²) in [6.07, 6.45) is -0.206. The van der Waals surface area contributed by atoms with Gasteiger partial charge in [0.1, 0.15) is 12.2 Å². The Morgan fingerprint density at radius 3 is 2.16 bits per heavy atom. The van der Waals surface area contributed by atoms with Gasteiger partial charge >= 0.3 is 0 Å². The topological polar surface area (TPSA) is 67.4 Å². The highest BCUT2D eigenvalue weighted by Crippen LogP contribution is 2.17. The monoisotopic (exact) mass is 340 g/mol. The van der Waals surface area contributed by atoms with Crippen LogP contribution in [0.4, 0.5) is 5.69 Å². The fourth-order valence-corrected chi connectivity index (χ4v) is 2.31. The molecule has 2 amide bonds. The summed E-state index contributed by atoms with van der Waals surface area (Å²) in [6, 6.07) is 15.0. The summed E-state index contributed by atoms with van der Waals surface area (Å²) in [7, 11) is 1.60. The first-order valence-corrected chi connectivity index (χ1v) is 8.27. The van der Waals surface area contributed by atoms with Gasteiger partial charge in [-0.2, -0.15) is 0 Å². The number of nitrogens with one attached hydrogen (secondary N) is 2. The standard InChI is InChI=1S/C20H24N2O3/c1-14(2)16-6-8-17(9-7-16)22-20(24)12-19(23)21-13-15-4-10-18(25-3)11-5-15/h4-11,14H,12-13H2,1-3H3,(H,21,23)(H,22,24). The van der Waals surface area contributed by atoms with Crippen LogP contribution in [0.1, 0.15) is 37.3 Å². The number of benzene rings is 2. The normalized spacial score (nSPS) is 10.4. The van der Waals surface area contributed by atoms with Gasteiger partial charge in [-0.3, -0.25) is 9.59 Å². The zero-order chi connectivity index (χ0) is 18.2. The van der Waals surface area contributed by atoms with E-state index in [1.807, 2.05) is 48.5 Å². The van der Waals surface area contributed by atoms with Crippen molar-refractivity contribution in [2.75, 3.05) is 12.4 Å². The molecule has 0 bridgehead atoms. The van der Waals surface area contributed by atoms with Gasteiger partial charge in [-0.15, -0.1) is 0 Å². The van der Waals surface area contributed by atoms with Crippen molar-refractivity contribution in [1.29, 1.82) is 0 Å². The van der Waals surface area contributed by atoms with E-state index in [0.717, 1.165) is 11.3 Å². The maximum atomic E-state index is 11.9. The molecule has 0 spiro atoms. The Bertz CT molecular complexity index is 707. The van der Waals surface area contributed by atoms with Crippen LogP contribution in [-0.4, -0.2) is 18.9 Å². The van der Waals surface area contributed by atoms with E-state index in [0.29, 0.717) is 18.2 Å². The lowest BCUT2D eigenvalue weighted by Crippen LogP contribution is -2.27. The van der Waals surface area contributed by atoms with E-state index >= 15 is 0 Å². The summed E-state index contributed by atoms with van der Waals surface area (Å²) < 4.78 is 5.08. The fourth-order valence-electron chi connectivity index (χ4n) is 2.31. The second kappa shape index (κ2) is 8.87. The van der Waals surface area contributed by atoms with Crippen LogP contribution in [0.5, 0.6) is 5.75 Å². The third-order valence-corrected chi connectivity index (χ3v) is 3.83. The van der Waals surface area contributed by atoms with Crippen LogP contribution < -0.4 is 15.4 Å². The molecular weight excluding hydrogens is 316 g/mol. The van der Waals surface area contributed by atoms with Crippen molar-refractivity contribution in [2.24, 2.45) is 0 Å². The van der Waals surface area contributed by atoms with Crippen LogP contribution in [0.15, 0.2) is 48.5 Å². The van der Waals surface area contributed by atoms with Crippen LogP contribution in [0.25, 0.3) is 0 Å². The number of carbonyl (C=O) groups is 2. The predicted molar refractivity (Wildman–Crippen MR) is 98.6 cm³/mol. The number of methoxy groups -OCH3 is 1. The summed E-state index contributed by atoms with van der Waals surface area (Å²) >= 11 is 0. The molecule has 0 aromatic heterocycles. The maximum absolute atomic E-state index is 11.9. The molecule has 0 aliphatic rings. The van der Waals surface area contributed by atoms with Gasteiger partial charge in [0, 0.05) is 12.2 Å². The second-order valence-electron chi connectivity index (χ2n) is 6.13. The lowest BCUT2D eigenvalue weighted by atomic mass is 10.0. The Hall–Kier alpha value is -2.82. The molecule has 25 heavy (non-hydrogen) atoms. The number of carbonyl (C=O) groups excluding carboxylic acids is 2. The molecule has 0 heterocycles. The molecule has 0 aliphatic heterocycles. The first kappa shape index (κ1) is 18.5. The molecule has 0 radical (unpaired) electrons. The van der Waals surface area contributed by atoms with Crippen molar-refractivity contribution < 1.29 is 14.3 Å². The van der Waals surface area contributed by atoms with Crippen LogP contribution >= 0.6 is 0 Å². The van der Waals surface area contributed by atoms with Crippen molar-refractivity contribution >= 4 is 17.5 Å². The van der Waals surface area contributed by atoms with Crippen LogP contribution in [0.3, 0.4) is 0 Å². The maximum Gasteiger partial charge on any atom is 0.233 e. The molecule has 0 fully saturated rings. The van der Waals surface area contributed by atoms with E-state index in [1.165, 1.54) is 5.56 Å².